The van der Waals surface area contributed by atoms with Crippen LogP contribution in [0.25, 0.3) is 0 Å². The van der Waals surface area contributed by atoms with Crippen molar-refractivity contribution in [3.05, 3.63) is 22.1 Å². The van der Waals surface area contributed by atoms with E-state index < -0.39 is 11.9 Å². The highest BCUT2D eigenvalue weighted by Crippen LogP contribution is 2.47. The summed E-state index contributed by atoms with van der Waals surface area (Å²) in [6.45, 7) is 1.67. The van der Waals surface area contributed by atoms with Crippen LogP contribution in [0.5, 0.6) is 0 Å². The number of aryl methyl sites for hydroxylation is 1. The zero-order valence-corrected chi connectivity index (χ0v) is 12.4. The number of rotatable bonds is 3. The van der Waals surface area contributed by atoms with Gasteiger partial charge in [0.15, 0.2) is 5.82 Å². The summed E-state index contributed by atoms with van der Waals surface area (Å²) >= 11 is 2.99. The van der Waals surface area contributed by atoms with Crippen LogP contribution in [-0.2, 0) is 9.59 Å². The van der Waals surface area contributed by atoms with Gasteiger partial charge < -0.3 is 10.2 Å². The van der Waals surface area contributed by atoms with Crippen molar-refractivity contribution in [3.63, 3.8) is 0 Å². The van der Waals surface area contributed by atoms with Gasteiger partial charge in [-0.3, -0.25) is 9.59 Å². The van der Waals surface area contributed by atoms with Gasteiger partial charge in [-0.05, 0) is 53.2 Å². The lowest BCUT2D eigenvalue weighted by atomic mass is 10.1. The van der Waals surface area contributed by atoms with Gasteiger partial charge in [0.05, 0.1) is 0 Å². The smallest absolute Gasteiger partial charge is 0.248 e. The number of piperidine rings is 1. The fourth-order valence-electron chi connectivity index (χ4n) is 2.77. The largest absolute Gasteiger partial charge is 0.330 e. The Morgan fingerprint density at radius 1 is 1.60 bits per heavy atom. The molecule has 2 fully saturated rings. The number of carbonyl (C=O) groups excluding carboxylic acids is 2. The number of likely N-dealkylation sites (tertiary alicyclic amines) is 1. The maximum absolute atomic E-state index is 13.3. The SMILES string of the molecule is Cc1cc(F)c(Br)nc1NC(=O)[C@@H]1C[C@H]2C[C@H]2N1C=O. The van der Waals surface area contributed by atoms with Crippen LogP contribution in [0.15, 0.2) is 10.7 Å². The van der Waals surface area contributed by atoms with Crippen molar-refractivity contribution in [2.75, 3.05) is 5.32 Å². The molecule has 1 N–H and O–H groups in total. The third kappa shape index (κ3) is 2.19. The maximum atomic E-state index is 13.3. The van der Waals surface area contributed by atoms with Crippen molar-refractivity contribution < 1.29 is 14.0 Å². The van der Waals surface area contributed by atoms with Crippen molar-refractivity contribution in [3.8, 4) is 0 Å². The molecule has 1 saturated carbocycles. The highest BCUT2D eigenvalue weighted by Gasteiger charge is 2.53. The number of fused-ring (bicyclic) bond motifs is 1. The predicted octanol–water partition coefficient (Wildman–Crippen LogP) is 1.85. The van der Waals surface area contributed by atoms with Crippen molar-refractivity contribution in [1.82, 2.24) is 9.88 Å². The van der Waals surface area contributed by atoms with E-state index in [1.807, 2.05) is 0 Å². The second-order valence-corrected chi connectivity index (χ2v) is 6.03. The summed E-state index contributed by atoms with van der Waals surface area (Å²) in [7, 11) is 0. The Hall–Kier alpha value is -1.50. The van der Waals surface area contributed by atoms with E-state index in [-0.39, 0.29) is 16.6 Å². The molecule has 7 heteroatoms. The zero-order valence-electron chi connectivity index (χ0n) is 10.8. The van der Waals surface area contributed by atoms with Gasteiger partial charge in [0.2, 0.25) is 12.3 Å². The van der Waals surface area contributed by atoms with Crippen LogP contribution in [0.3, 0.4) is 0 Å². The Bertz CT molecular complexity index is 595. The summed E-state index contributed by atoms with van der Waals surface area (Å²) in [4.78, 5) is 28.8. The maximum Gasteiger partial charge on any atom is 0.248 e. The third-order valence-corrected chi connectivity index (χ3v) is 4.50. The molecule has 106 valence electrons. The molecule has 0 bridgehead atoms. The second kappa shape index (κ2) is 4.80. The van der Waals surface area contributed by atoms with Gasteiger partial charge in [-0.2, -0.15) is 0 Å². The molecule has 1 aliphatic carbocycles. The predicted molar refractivity (Wildman–Crippen MR) is 73.5 cm³/mol. The Morgan fingerprint density at radius 2 is 2.35 bits per heavy atom. The van der Waals surface area contributed by atoms with Crippen molar-refractivity contribution in [1.29, 1.82) is 0 Å². The number of halogens is 2. The minimum Gasteiger partial charge on any atom is -0.330 e. The average Bonchev–Trinajstić information content (AvgIpc) is 3.07. The first-order chi connectivity index (χ1) is 9.51. The van der Waals surface area contributed by atoms with Crippen LogP contribution in [-0.4, -0.2) is 34.3 Å². The van der Waals surface area contributed by atoms with Crippen LogP contribution in [0.4, 0.5) is 10.2 Å². The minimum atomic E-state index is -0.475. The topological polar surface area (TPSA) is 62.3 Å². The van der Waals surface area contributed by atoms with Gasteiger partial charge in [-0.15, -0.1) is 0 Å². The van der Waals surface area contributed by atoms with Crippen LogP contribution < -0.4 is 5.32 Å². The Morgan fingerprint density at radius 3 is 3.05 bits per heavy atom. The summed E-state index contributed by atoms with van der Waals surface area (Å²) in [6.07, 6.45) is 2.42. The molecule has 3 rings (SSSR count). The monoisotopic (exact) mass is 341 g/mol. The number of nitrogens with zero attached hydrogens (tertiary/aromatic N) is 2. The van der Waals surface area contributed by atoms with E-state index in [0.29, 0.717) is 23.7 Å². The van der Waals surface area contributed by atoms with Gasteiger partial charge in [-0.25, -0.2) is 9.37 Å². The number of aromatic nitrogens is 1. The molecule has 1 aromatic heterocycles. The fourth-order valence-corrected chi connectivity index (χ4v) is 3.06. The summed E-state index contributed by atoms with van der Waals surface area (Å²) in [5, 5.41) is 2.68. The molecule has 0 aromatic carbocycles. The van der Waals surface area contributed by atoms with E-state index in [1.165, 1.54) is 6.07 Å². The number of hydrogen-bond donors (Lipinski definition) is 1. The van der Waals surface area contributed by atoms with Crippen LogP contribution >= 0.6 is 15.9 Å². The van der Waals surface area contributed by atoms with Gasteiger partial charge in [0.25, 0.3) is 0 Å². The van der Waals surface area contributed by atoms with Gasteiger partial charge in [0, 0.05) is 6.04 Å². The average molecular weight is 342 g/mol. The van der Waals surface area contributed by atoms with Crippen molar-refractivity contribution in [2.45, 2.75) is 31.8 Å². The van der Waals surface area contributed by atoms with E-state index in [9.17, 15) is 14.0 Å². The van der Waals surface area contributed by atoms with Gasteiger partial charge in [0.1, 0.15) is 16.5 Å². The third-order valence-electron chi connectivity index (χ3n) is 3.94. The molecule has 3 atom stereocenters. The quantitative estimate of drug-likeness (QED) is 0.674. The Labute approximate surface area is 123 Å². The Balaban J connectivity index is 1.76. The molecule has 2 aliphatic rings. The summed E-state index contributed by atoms with van der Waals surface area (Å²) in [5.41, 5.74) is 0.542. The van der Waals surface area contributed by atoms with Crippen molar-refractivity contribution >= 4 is 34.1 Å². The number of nitrogens with one attached hydrogen (secondary N) is 1. The normalized spacial score (nSPS) is 27.1. The number of anilines is 1. The fraction of sp³-hybridized carbons (Fsp3) is 0.462. The van der Waals surface area contributed by atoms with E-state index in [0.717, 1.165) is 12.8 Å². The first kappa shape index (κ1) is 13.5. The number of pyridine rings is 1. The second-order valence-electron chi connectivity index (χ2n) is 5.28. The minimum absolute atomic E-state index is 0.0555. The molecule has 1 saturated heterocycles. The molecule has 2 amide bonds. The standard InChI is InChI=1S/C13H13BrFN3O2/c1-6-2-8(15)11(14)16-12(6)17-13(20)10-4-7-3-9(7)18(10)5-19/h2,5,7,9-10H,3-4H2,1H3,(H,16,17,20)/t7-,9-,10+/m1/s1. The van der Waals surface area contributed by atoms with E-state index >= 15 is 0 Å². The molecular weight excluding hydrogens is 329 g/mol. The summed E-state index contributed by atoms with van der Waals surface area (Å²) in [6, 6.07) is 1.08. The molecular formula is C13H13BrFN3O2. The molecule has 0 unspecified atom stereocenters. The summed E-state index contributed by atoms with van der Waals surface area (Å²) in [5.74, 6) is 0.0233. The van der Waals surface area contributed by atoms with E-state index in [4.69, 9.17) is 0 Å². The molecule has 5 nitrogen and oxygen atoms in total. The highest BCUT2D eigenvalue weighted by molar-refractivity contribution is 9.10. The van der Waals surface area contributed by atoms with Gasteiger partial charge >= 0.3 is 0 Å². The van der Waals surface area contributed by atoms with Crippen LogP contribution in [0.1, 0.15) is 18.4 Å². The Kier molecular flexibility index (Phi) is 3.24. The molecule has 20 heavy (non-hydrogen) atoms. The molecule has 1 aliphatic heterocycles. The molecule has 1 aromatic rings. The molecule has 0 spiro atoms. The summed E-state index contributed by atoms with van der Waals surface area (Å²) < 4.78 is 13.4. The lowest BCUT2D eigenvalue weighted by Crippen LogP contribution is -2.41. The first-order valence-electron chi connectivity index (χ1n) is 6.37. The van der Waals surface area contributed by atoms with Crippen LogP contribution in [0.2, 0.25) is 0 Å². The number of amides is 2. The van der Waals surface area contributed by atoms with E-state index in [2.05, 4.69) is 26.2 Å². The molecule has 2 heterocycles. The molecule has 0 radical (unpaired) electrons. The van der Waals surface area contributed by atoms with Crippen LogP contribution in [0, 0.1) is 18.7 Å². The number of carbonyl (C=O) groups is 2. The van der Waals surface area contributed by atoms with E-state index in [1.54, 1.807) is 11.8 Å². The first-order valence-corrected chi connectivity index (χ1v) is 7.16. The highest BCUT2D eigenvalue weighted by atomic mass is 79.9. The van der Waals surface area contributed by atoms with Gasteiger partial charge in [-0.1, -0.05) is 0 Å². The zero-order chi connectivity index (χ0) is 14.4. The lowest BCUT2D eigenvalue weighted by Gasteiger charge is -2.22. The number of hydrogen-bond acceptors (Lipinski definition) is 3. The van der Waals surface area contributed by atoms with Crippen molar-refractivity contribution in [2.24, 2.45) is 5.92 Å². The lowest BCUT2D eigenvalue weighted by molar-refractivity contribution is -0.128.